The highest BCUT2D eigenvalue weighted by Gasteiger charge is 2.48. The number of carbonyl (C=O) groups is 2. The molecule has 4 heteroatoms. The second kappa shape index (κ2) is 4.88. The Labute approximate surface area is 112 Å². The van der Waals surface area contributed by atoms with E-state index in [4.69, 9.17) is 0 Å². The largest absolute Gasteiger partial charge is 0.481 e. The smallest absolute Gasteiger partial charge is 0.315 e. The monoisotopic (exact) mass is 259 g/mol. The van der Waals surface area contributed by atoms with Gasteiger partial charge in [-0.15, -0.1) is 6.58 Å². The Bertz CT molecular complexity index is 511. The van der Waals surface area contributed by atoms with Crippen LogP contribution in [0.25, 0.3) is 0 Å². The van der Waals surface area contributed by atoms with E-state index in [1.807, 2.05) is 37.3 Å². The number of likely N-dealkylation sites (tertiary alicyclic amines) is 1. The molecular formula is C15H17NO3. The van der Waals surface area contributed by atoms with E-state index < -0.39 is 11.4 Å². The van der Waals surface area contributed by atoms with Gasteiger partial charge in [-0.3, -0.25) is 9.59 Å². The maximum absolute atomic E-state index is 12.1. The molecule has 1 aliphatic heterocycles. The van der Waals surface area contributed by atoms with E-state index in [0.717, 1.165) is 5.56 Å². The molecule has 0 bridgehead atoms. The topological polar surface area (TPSA) is 57.6 Å². The van der Waals surface area contributed by atoms with Gasteiger partial charge in [-0.25, -0.2) is 0 Å². The Kier molecular flexibility index (Phi) is 3.42. The molecule has 19 heavy (non-hydrogen) atoms. The van der Waals surface area contributed by atoms with E-state index in [0.29, 0.717) is 0 Å². The molecule has 1 saturated heterocycles. The van der Waals surface area contributed by atoms with Crippen molar-refractivity contribution in [2.75, 3.05) is 6.54 Å². The molecule has 0 aromatic heterocycles. The van der Waals surface area contributed by atoms with Gasteiger partial charge in [-0.2, -0.15) is 0 Å². The summed E-state index contributed by atoms with van der Waals surface area (Å²) in [5, 5.41) is 9.30. The van der Waals surface area contributed by atoms with Crippen LogP contribution in [0.1, 0.15) is 24.9 Å². The van der Waals surface area contributed by atoms with E-state index in [2.05, 4.69) is 6.58 Å². The second-order valence-corrected chi connectivity index (χ2v) is 4.95. The molecular weight excluding hydrogens is 242 g/mol. The number of hydrogen-bond acceptors (Lipinski definition) is 2. The van der Waals surface area contributed by atoms with Crippen LogP contribution in [0.4, 0.5) is 0 Å². The average Bonchev–Trinajstić information content (AvgIpc) is 2.77. The van der Waals surface area contributed by atoms with Gasteiger partial charge in [0.15, 0.2) is 0 Å². The van der Waals surface area contributed by atoms with Crippen LogP contribution in [0.5, 0.6) is 0 Å². The van der Waals surface area contributed by atoms with Crippen molar-refractivity contribution in [1.82, 2.24) is 4.90 Å². The van der Waals surface area contributed by atoms with Crippen molar-refractivity contribution in [1.29, 1.82) is 0 Å². The van der Waals surface area contributed by atoms with E-state index in [-0.39, 0.29) is 24.9 Å². The zero-order valence-corrected chi connectivity index (χ0v) is 10.9. The third-order valence-electron chi connectivity index (χ3n) is 3.81. The van der Waals surface area contributed by atoms with Gasteiger partial charge in [0.2, 0.25) is 5.91 Å². The summed E-state index contributed by atoms with van der Waals surface area (Å²) in [4.78, 5) is 25.1. The standard InChI is InChI=1S/C15H17NO3/c1-3-15(14(18)19)9-13(17)16(10-15)11(2)12-7-5-4-6-8-12/h3-8,11H,1,9-10H2,2H3,(H,18,19)/t11-,15+/m1/s1. The van der Waals surface area contributed by atoms with Gasteiger partial charge in [-0.1, -0.05) is 36.4 Å². The minimum absolute atomic E-state index is 0.0109. The van der Waals surface area contributed by atoms with E-state index in [9.17, 15) is 14.7 Å². The maximum atomic E-state index is 12.1. The number of aliphatic carboxylic acids is 1. The lowest BCUT2D eigenvalue weighted by molar-refractivity contribution is -0.145. The highest BCUT2D eigenvalue weighted by atomic mass is 16.4. The predicted molar refractivity (Wildman–Crippen MR) is 71.5 cm³/mol. The molecule has 0 unspecified atom stereocenters. The Balaban J connectivity index is 2.26. The summed E-state index contributed by atoms with van der Waals surface area (Å²) in [7, 11) is 0. The number of carboxylic acids is 1. The molecule has 0 aliphatic carbocycles. The Hall–Kier alpha value is -2.10. The number of rotatable bonds is 4. The lowest BCUT2D eigenvalue weighted by Crippen LogP contribution is -2.34. The van der Waals surface area contributed by atoms with Gasteiger partial charge in [0.05, 0.1) is 6.04 Å². The van der Waals surface area contributed by atoms with E-state index in [1.165, 1.54) is 6.08 Å². The minimum Gasteiger partial charge on any atom is -0.481 e. The van der Waals surface area contributed by atoms with Crippen LogP contribution in [-0.2, 0) is 9.59 Å². The normalized spacial score (nSPS) is 24.3. The van der Waals surface area contributed by atoms with Crippen LogP contribution >= 0.6 is 0 Å². The summed E-state index contributed by atoms with van der Waals surface area (Å²) in [6, 6.07) is 9.47. The fraction of sp³-hybridized carbons (Fsp3) is 0.333. The lowest BCUT2D eigenvalue weighted by atomic mass is 9.87. The number of carboxylic acid groups (broad SMARTS) is 1. The zero-order chi connectivity index (χ0) is 14.0. The molecule has 1 aromatic rings. The number of amides is 1. The Morgan fingerprint density at radius 2 is 2.11 bits per heavy atom. The van der Waals surface area contributed by atoms with E-state index in [1.54, 1.807) is 4.90 Å². The van der Waals surface area contributed by atoms with Crippen molar-refractivity contribution in [3.8, 4) is 0 Å². The van der Waals surface area contributed by atoms with Crippen molar-refractivity contribution in [2.45, 2.75) is 19.4 Å². The lowest BCUT2D eigenvalue weighted by Gasteiger charge is -2.26. The maximum Gasteiger partial charge on any atom is 0.315 e. The van der Waals surface area contributed by atoms with Gasteiger partial charge in [0, 0.05) is 13.0 Å². The summed E-state index contributed by atoms with van der Waals surface area (Å²) in [6.45, 7) is 5.67. The van der Waals surface area contributed by atoms with Gasteiger partial charge in [0.25, 0.3) is 0 Å². The summed E-state index contributed by atoms with van der Waals surface area (Å²) < 4.78 is 0. The summed E-state index contributed by atoms with van der Waals surface area (Å²) in [5.74, 6) is -1.13. The minimum atomic E-state index is -1.15. The molecule has 1 fully saturated rings. The summed E-state index contributed by atoms with van der Waals surface area (Å²) >= 11 is 0. The Morgan fingerprint density at radius 1 is 1.47 bits per heavy atom. The first-order valence-corrected chi connectivity index (χ1v) is 6.21. The third-order valence-corrected chi connectivity index (χ3v) is 3.81. The zero-order valence-electron chi connectivity index (χ0n) is 10.9. The molecule has 1 aromatic carbocycles. The summed E-state index contributed by atoms with van der Waals surface area (Å²) in [5.41, 5.74) is -0.152. The van der Waals surface area contributed by atoms with Crippen LogP contribution in [0.2, 0.25) is 0 Å². The fourth-order valence-electron chi connectivity index (χ4n) is 2.45. The average molecular weight is 259 g/mol. The molecule has 1 N–H and O–H groups in total. The van der Waals surface area contributed by atoms with Crippen molar-refractivity contribution < 1.29 is 14.7 Å². The molecule has 1 aliphatic rings. The van der Waals surface area contributed by atoms with Crippen LogP contribution in [0.3, 0.4) is 0 Å². The van der Waals surface area contributed by atoms with Crippen molar-refractivity contribution in [2.24, 2.45) is 5.41 Å². The molecule has 0 radical (unpaired) electrons. The van der Waals surface area contributed by atoms with Crippen molar-refractivity contribution in [3.63, 3.8) is 0 Å². The van der Waals surface area contributed by atoms with Gasteiger partial charge in [-0.05, 0) is 12.5 Å². The first kappa shape index (κ1) is 13.3. The number of hydrogen-bond donors (Lipinski definition) is 1. The number of carbonyl (C=O) groups excluding carboxylic acids is 1. The Morgan fingerprint density at radius 3 is 2.58 bits per heavy atom. The third kappa shape index (κ3) is 2.26. The van der Waals surface area contributed by atoms with Crippen molar-refractivity contribution >= 4 is 11.9 Å². The number of benzene rings is 1. The molecule has 0 saturated carbocycles. The molecule has 2 atom stereocenters. The van der Waals surface area contributed by atoms with Gasteiger partial charge in [0.1, 0.15) is 5.41 Å². The molecule has 100 valence electrons. The van der Waals surface area contributed by atoms with E-state index >= 15 is 0 Å². The van der Waals surface area contributed by atoms with Gasteiger partial charge < -0.3 is 10.0 Å². The highest BCUT2D eigenvalue weighted by Crippen LogP contribution is 2.37. The predicted octanol–water partition coefficient (Wildman–Crippen LogP) is 2.24. The first-order chi connectivity index (χ1) is 9.00. The molecule has 1 amide bonds. The van der Waals surface area contributed by atoms with Crippen LogP contribution < -0.4 is 0 Å². The highest BCUT2D eigenvalue weighted by molar-refractivity contribution is 5.90. The molecule has 1 heterocycles. The molecule has 4 nitrogen and oxygen atoms in total. The first-order valence-electron chi connectivity index (χ1n) is 6.21. The van der Waals surface area contributed by atoms with Gasteiger partial charge >= 0.3 is 5.97 Å². The number of nitrogens with zero attached hydrogens (tertiary/aromatic N) is 1. The SMILES string of the molecule is C=C[C@]1(C(=O)O)CC(=O)N([C@H](C)c2ccccc2)C1. The molecule has 0 spiro atoms. The fourth-order valence-corrected chi connectivity index (χ4v) is 2.45. The summed E-state index contributed by atoms with van der Waals surface area (Å²) in [6.07, 6.45) is 1.37. The quantitative estimate of drug-likeness (QED) is 0.844. The second-order valence-electron chi connectivity index (χ2n) is 4.95. The molecule has 2 rings (SSSR count). The van der Waals surface area contributed by atoms with Crippen LogP contribution in [0, 0.1) is 5.41 Å². The van der Waals surface area contributed by atoms with Crippen LogP contribution in [-0.4, -0.2) is 28.4 Å². The van der Waals surface area contributed by atoms with Crippen LogP contribution in [0.15, 0.2) is 43.0 Å². The van der Waals surface area contributed by atoms with Crippen molar-refractivity contribution in [3.05, 3.63) is 48.6 Å².